The highest BCUT2D eigenvalue weighted by atomic mass is 16.6. The second-order valence-electron chi connectivity index (χ2n) is 8.13. The highest BCUT2D eigenvalue weighted by Crippen LogP contribution is 2.45. The molecule has 2 aromatic rings. The largest absolute Gasteiger partial charge is 0.458 e. The van der Waals surface area contributed by atoms with E-state index in [4.69, 9.17) is 9.47 Å². The van der Waals surface area contributed by atoms with Crippen molar-refractivity contribution in [2.75, 3.05) is 0 Å². The molecule has 0 radical (unpaired) electrons. The van der Waals surface area contributed by atoms with Gasteiger partial charge in [-0.1, -0.05) is 60.7 Å². The van der Waals surface area contributed by atoms with Crippen molar-refractivity contribution in [3.05, 3.63) is 83.9 Å². The van der Waals surface area contributed by atoms with Crippen molar-refractivity contribution in [1.29, 1.82) is 0 Å². The van der Waals surface area contributed by atoms with Crippen LogP contribution < -0.4 is 0 Å². The zero-order valence-electron chi connectivity index (χ0n) is 16.8. The Morgan fingerprint density at radius 1 is 1.10 bits per heavy atom. The number of ether oxygens (including phenoxy) is 2. The molecule has 158 valence electrons. The quantitative estimate of drug-likeness (QED) is 0.542. The maximum Gasteiger partial charge on any atom is 0.338 e. The van der Waals surface area contributed by atoms with Crippen molar-refractivity contribution in [3.8, 4) is 0 Å². The van der Waals surface area contributed by atoms with Gasteiger partial charge in [-0.2, -0.15) is 0 Å². The van der Waals surface area contributed by atoms with E-state index in [1.807, 2.05) is 42.5 Å². The maximum atomic E-state index is 12.5. The van der Waals surface area contributed by atoms with Crippen molar-refractivity contribution in [1.82, 2.24) is 0 Å². The first-order valence-corrected chi connectivity index (χ1v) is 10.6. The fourth-order valence-corrected chi connectivity index (χ4v) is 4.53. The van der Waals surface area contributed by atoms with Crippen molar-refractivity contribution in [2.24, 2.45) is 11.8 Å². The molecule has 5 heteroatoms. The predicted octanol–water partition coefficient (Wildman–Crippen LogP) is 3.51. The highest BCUT2D eigenvalue weighted by molar-refractivity contribution is 5.89. The molecule has 2 aliphatic rings. The highest BCUT2D eigenvalue weighted by Gasteiger charge is 2.49. The van der Waals surface area contributed by atoms with Crippen molar-refractivity contribution in [3.63, 3.8) is 0 Å². The van der Waals surface area contributed by atoms with Gasteiger partial charge in [-0.05, 0) is 36.5 Å². The average Bonchev–Trinajstić information content (AvgIpc) is 3.27. The zero-order chi connectivity index (χ0) is 20.9. The average molecular weight is 408 g/mol. The van der Waals surface area contributed by atoms with Crippen molar-refractivity contribution < 1.29 is 24.5 Å². The molecule has 6 atom stereocenters. The second kappa shape index (κ2) is 9.56. The van der Waals surface area contributed by atoms with Gasteiger partial charge in [0, 0.05) is 18.8 Å². The number of esters is 1. The van der Waals surface area contributed by atoms with E-state index in [9.17, 15) is 15.0 Å². The summed E-state index contributed by atoms with van der Waals surface area (Å²) in [6.45, 7) is 0. The molecular formula is C25H28O5. The van der Waals surface area contributed by atoms with Crippen LogP contribution in [0.1, 0.15) is 35.2 Å². The number of aliphatic hydroxyl groups is 2. The molecule has 0 bridgehead atoms. The molecule has 1 heterocycles. The van der Waals surface area contributed by atoms with Gasteiger partial charge in [0.25, 0.3) is 0 Å². The molecule has 1 saturated heterocycles. The first kappa shape index (κ1) is 20.8. The third kappa shape index (κ3) is 4.98. The molecule has 1 aliphatic heterocycles. The molecule has 2 fully saturated rings. The summed E-state index contributed by atoms with van der Waals surface area (Å²) in [6, 6.07) is 19.0. The third-order valence-corrected chi connectivity index (χ3v) is 6.07. The molecule has 2 aromatic carbocycles. The minimum Gasteiger partial charge on any atom is -0.458 e. The number of hydrogen-bond donors (Lipinski definition) is 2. The van der Waals surface area contributed by atoms with E-state index in [2.05, 4.69) is 0 Å². The Kier molecular flexibility index (Phi) is 6.62. The van der Waals surface area contributed by atoms with E-state index in [-0.39, 0.29) is 30.0 Å². The number of aliphatic hydroxyl groups excluding tert-OH is 2. The number of hydrogen-bond acceptors (Lipinski definition) is 5. The lowest BCUT2D eigenvalue weighted by Gasteiger charge is -2.21. The molecule has 0 aromatic heterocycles. The smallest absolute Gasteiger partial charge is 0.338 e. The minimum absolute atomic E-state index is 0.0751. The summed E-state index contributed by atoms with van der Waals surface area (Å²) in [6.07, 6.45) is 4.39. The molecule has 1 aliphatic carbocycles. The number of aryl methyl sites for hydroxylation is 1. The van der Waals surface area contributed by atoms with E-state index < -0.39 is 12.4 Å². The normalized spacial score (nSPS) is 29.1. The van der Waals surface area contributed by atoms with E-state index >= 15 is 0 Å². The van der Waals surface area contributed by atoms with Gasteiger partial charge in [0.2, 0.25) is 0 Å². The zero-order valence-corrected chi connectivity index (χ0v) is 16.8. The van der Waals surface area contributed by atoms with E-state index in [0.29, 0.717) is 24.8 Å². The van der Waals surface area contributed by atoms with E-state index in [0.717, 1.165) is 6.42 Å². The monoisotopic (exact) mass is 408 g/mol. The number of carbonyl (C=O) groups excluding carboxylic acids is 1. The lowest BCUT2D eigenvalue weighted by atomic mass is 9.91. The fourth-order valence-electron chi connectivity index (χ4n) is 4.53. The summed E-state index contributed by atoms with van der Waals surface area (Å²) in [5.41, 5.74) is 1.70. The Balaban J connectivity index is 1.40. The van der Waals surface area contributed by atoms with Crippen LogP contribution in [0.5, 0.6) is 0 Å². The van der Waals surface area contributed by atoms with Crippen LogP contribution in [-0.2, 0) is 15.9 Å². The second-order valence-corrected chi connectivity index (χ2v) is 8.13. The van der Waals surface area contributed by atoms with Gasteiger partial charge in [-0.15, -0.1) is 0 Å². The maximum absolute atomic E-state index is 12.5. The molecule has 1 unspecified atom stereocenters. The summed E-state index contributed by atoms with van der Waals surface area (Å²) < 4.78 is 11.4. The summed E-state index contributed by atoms with van der Waals surface area (Å²) in [4.78, 5) is 12.5. The minimum atomic E-state index is -0.773. The van der Waals surface area contributed by atoms with Crippen molar-refractivity contribution in [2.45, 2.75) is 50.3 Å². The third-order valence-electron chi connectivity index (χ3n) is 6.07. The Bertz CT molecular complexity index is 850. The van der Waals surface area contributed by atoms with Crippen LogP contribution in [-0.4, -0.2) is 40.8 Å². The van der Waals surface area contributed by atoms with E-state index in [1.165, 1.54) is 5.56 Å². The summed E-state index contributed by atoms with van der Waals surface area (Å²) >= 11 is 0. The van der Waals surface area contributed by atoms with Gasteiger partial charge in [0.1, 0.15) is 6.10 Å². The van der Waals surface area contributed by atoms with Gasteiger partial charge in [0.05, 0.1) is 17.8 Å². The fraction of sp³-hybridized carbons (Fsp3) is 0.400. The topological polar surface area (TPSA) is 76.0 Å². The van der Waals surface area contributed by atoms with Crippen molar-refractivity contribution >= 4 is 5.97 Å². The molecule has 0 amide bonds. The van der Waals surface area contributed by atoms with Gasteiger partial charge in [-0.25, -0.2) is 4.79 Å². The number of carbonyl (C=O) groups is 1. The molecule has 1 saturated carbocycles. The Labute approximate surface area is 177 Å². The Hall–Kier alpha value is -2.47. The standard InChI is InChI=1S/C25H28O5/c26-19(12-11-17-7-3-1-4-8-17)13-14-20-21-15-24(27)29-23(21)16-22(20)30-25(28)18-9-5-2-6-10-18/h1-10,13-14,19-24,26-27H,11-12,15-16H2/t19-,20-,21-,22+,23+,24?/m0/s1. The first-order chi connectivity index (χ1) is 14.6. The molecule has 0 spiro atoms. The van der Waals surface area contributed by atoms with Gasteiger partial charge in [-0.3, -0.25) is 0 Å². The molecule has 30 heavy (non-hydrogen) atoms. The van der Waals surface area contributed by atoms with Crippen LogP contribution in [0.25, 0.3) is 0 Å². The number of fused-ring (bicyclic) bond motifs is 1. The predicted molar refractivity (Wildman–Crippen MR) is 113 cm³/mol. The molecule has 5 nitrogen and oxygen atoms in total. The number of benzene rings is 2. The van der Waals surface area contributed by atoms with E-state index in [1.54, 1.807) is 30.3 Å². The Morgan fingerprint density at radius 3 is 2.53 bits per heavy atom. The Morgan fingerprint density at radius 2 is 1.80 bits per heavy atom. The van der Waals surface area contributed by atoms with Crippen LogP contribution in [0.15, 0.2) is 72.8 Å². The van der Waals surface area contributed by atoms with Gasteiger partial charge >= 0.3 is 5.97 Å². The summed E-state index contributed by atoms with van der Waals surface area (Å²) in [7, 11) is 0. The lowest BCUT2D eigenvalue weighted by Crippen LogP contribution is -2.25. The SMILES string of the molecule is O=C(O[C@@H]1C[C@H]2OC(O)C[C@H]2[C@@H]1C=C[C@@H](O)CCc1ccccc1)c1ccccc1. The first-order valence-electron chi connectivity index (χ1n) is 10.6. The van der Waals surface area contributed by atoms with Crippen LogP contribution in [0, 0.1) is 11.8 Å². The van der Waals surface area contributed by atoms with Crippen LogP contribution >= 0.6 is 0 Å². The van der Waals surface area contributed by atoms with Gasteiger partial charge in [0.15, 0.2) is 6.29 Å². The van der Waals surface area contributed by atoms with Gasteiger partial charge < -0.3 is 19.7 Å². The summed E-state index contributed by atoms with van der Waals surface area (Å²) in [5.74, 6) is -0.374. The lowest BCUT2D eigenvalue weighted by molar-refractivity contribution is -0.0955. The summed E-state index contributed by atoms with van der Waals surface area (Å²) in [5, 5.41) is 20.3. The molecular weight excluding hydrogens is 380 g/mol. The number of rotatable bonds is 7. The molecule has 2 N–H and O–H groups in total. The molecule has 4 rings (SSSR count). The van der Waals surface area contributed by atoms with Crippen LogP contribution in [0.4, 0.5) is 0 Å². The van der Waals surface area contributed by atoms with Crippen LogP contribution in [0.2, 0.25) is 0 Å². The van der Waals surface area contributed by atoms with Crippen LogP contribution in [0.3, 0.4) is 0 Å².